The third kappa shape index (κ3) is 0.478. The lowest BCUT2D eigenvalue weighted by atomic mass is 10.0. The molecule has 1 heterocycles. The molecular weight excluding hydrogens is 128 g/mol. The Balaban J connectivity index is 1.99. The minimum Gasteiger partial charge on any atom is -0.349 e. The van der Waals surface area contributed by atoms with Crippen molar-refractivity contribution in [3.8, 4) is 0 Å². The van der Waals surface area contributed by atoms with E-state index in [0.717, 1.165) is 0 Å². The molecule has 0 spiro atoms. The Hall–Kier alpha value is -0.340. The largest absolute Gasteiger partial charge is 0.349 e. The summed E-state index contributed by atoms with van der Waals surface area (Å²) in [4.78, 5) is 0. The van der Waals surface area contributed by atoms with Crippen molar-refractivity contribution in [1.82, 2.24) is 0 Å². The van der Waals surface area contributed by atoms with E-state index >= 15 is 0 Å². The zero-order valence-corrected chi connectivity index (χ0v) is 5.69. The molecule has 0 aromatic heterocycles. The van der Waals surface area contributed by atoms with E-state index in [-0.39, 0.29) is 0 Å². The molecule has 0 amide bonds. The molecule has 2 heteroatoms. The van der Waals surface area contributed by atoms with E-state index in [0.29, 0.717) is 30.8 Å². The van der Waals surface area contributed by atoms with Gasteiger partial charge in [0.2, 0.25) is 0 Å². The first kappa shape index (κ1) is 5.33. The Morgan fingerprint density at radius 1 is 1.00 bits per heavy atom. The highest BCUT2D eigenvalue weighted by Crippen LogP contribution is 2.44. The zero-order chi connectivity index (χ0) is 6.55. The van der Waals surface area contributed by atoms with E-state index < -0.39 is 0 Å². The van der Waals surface area contributed by atoms with E-state index in [4.69, 9.17) is 9.47 Å². The van der Waals surface area contributed by atoms with E-state index in [1.165, 1.54) is 6.42 Å². The van der Waals surface area contributed by atoms with Crippen LogP contribution in [0.4, 0.5) is 0 Å². The van der Waals surface area contributed by atoms with Crippen LogP contribution in [0.25, 0.3) is 0 Å². The summed E-state index contributed by atoms with van der Waals surface area (Å²) < 4.78 is 10.9. The lowest BCUT2D eigenvalue weighted by Crippen LogP contribution is -2.26. The van der Waals surface area contributed by atoms with Crippen LogP contribution in [0, 0.1) is 11.8 Å². The predicted molar refractivity (Wildman–Crippen MR) is 35.4 cm³/mol. The molecule has 3 aliphatic rings. The van der Waals surface area contributed by atoms with Gasteiger partial charge in [-0.05, 0) is 6.42 Å². The van der Waals surface area contributed by atoms with Crippen LogP contribution in [0.2, 0.25) is 0 Å². The van der Waals surface area contributed by atoms with Crippen LogP contribution < -0.4 is 0 Å². The Labute approximate surface area is 59.8 Å². The fourth-order valence-electron chi connectivity index (χ4n) is 2.36. The van der Waals surface area contributed by atoms with E-state index in [1.807, 2.05) is 0 Å². The number of rotatable bonds is 0. The Bertz CT molecular complexity index is 170. The highest BCUT2D eigenvalue weighted by molar-refractivity contribution is 5.16. The second-order valence-electron chi connectivity index (χ2n) is 3.33. The maximum atomic E-state index is 5.44. The summed E-state index contributed by atoms with van der Waals surface area (Å²) in [6, 6.07) is 0. The molecule has 2 nitrogen and oxygen atoms in total. The quantitative estimate of drug-likeness (QED) is 0.464. The monoisotopic (exact) mass is 138 g/mol. The molecule has 0 radical (unpaired) electrons. The average Bonchev–Trinajstić information content (AvgIpc) is 2.60. The number of fused-ring (bicyclic) bond motifs is 5. The highest BCUT2D eigenvalue weighted by Gasteiger charge is 2.48. The smallest absolute Gasteiger partial charge is 0.147 e. The van der Waals surface area contributed by atoms with Crippen LogP contribution >= 0.6 is 0 Å². The van der Waals surface area contributed by atoms with Crippen LogP contribution in [0.3, 0.4) is 0 Å². The topological polar surface area (TPSA) is 18.5 Å². The average molecular weight is 138 g/mol. The molecule has 0 N–H and O–H groups in total. The molecule has 3 rings (SSSR count). The zero-order valence-electron chi connectivity index (χ0n) is 5.69. The lowest BCUT2D eigenvalue weighted by Gasteiger charge is -2.16. The number of hydrogen-bond donors (Lipinski definition) is 0. The highest BCUT2D eigenvalue weighted by atomic mass is 16.7. The fraction of sp³-hybridized carbons (Fsp3) is 0.750. The summed E-state index contributed by atoms with van der Waals surface area (Å²) in [6.45, 7) is 0.518. The van der Waals surface area contributed by atoms with Crippen molar-refractivity contribution in [2.24, 2.45) is 11.8 Å². The van der Waals surface area contributed by atoms with Gasteiger partial charge in [-0.2, -0.15) is 0 Å². The molecule has 4 atom stereocenters. The maximum absolute atomic E-state index is 5.44. The molecule has 2 aliphatic carbocycles. The van der Waals surface area contributed by atoms with E-state index in [1.54, 1.807) is 0 Å². The predicted octanol–water partition coefficient (Wildman–Crippen LogP) is 0.934. The Kier molecular flexibility index (Phi) is 0.868. The number of ether oxygens (including phenoxy) is 2. The van der Waals surface area contributed by atoms with Gasteiger partial charge in [-0.3, -0.25) is 0 Å². The van der Waals surface area contributed by atoms with Crippen molar-refractivity contribution in [3.05, 3.63) is 12.2 Å². The summed E-state index contributed by atoms with van der Waals surface area (Å²) in [5.74, 6) is 1.33. The van der Waals surface area contributed by atoms with Gasteiger partial charge in [-0.15, -0.1) is 0 Å². The minimum atomic E-state index is 0.398. The van der Waals surface area contributed by atoms with E-state index in [2.05, 4.69) is 12.2 Å². The van der Waals surface area contributed by atoms with Gasteiger partial charge in [0, 0.05) is 11.8 Å². The molecule has 1 saturated carbocycles. The summed E-state index contributed by atoms with van der Waals surface area (Å²) in [7, 11) is 0. The fourth-order valence-corrected chi connectivity index (χ4v) is 2.36. The maximum Gasteiger partial charge on any atom is 0.147 e. The van der Waals surface area contributed by atoms with Crippen LogP contribution in [-0.4, -0.2) is 19.0 Å². The van der Waals surface area contributed by atoms with Crippen molar-refractivity contribution < 1.29 is 9.47 Å². The van der Waals surface area contributed by atoms with E-state index in [9.17, 15) is 0 Å². The molecule has 2 fully saturated rings. The first-order chi connectivity index (χ1) is 4.95. The van der Waals surface area contributed by atoms with Gasteiger partial charge in [-0.1, -0.05) is 12.2 Å². The van der Waals surface area contributed by atoms with Crippen molar-refractivity contribution >= 4 is 0 Å². The van der Waals surface area contributed by atoms with Gasteiger partial charge in [0.15, 0.2) is 0 Å². The van der Waals surface area contributed by atoms with Crippen molar-refractivity contribution in [2.45, 2.75) is 18.6 Å². The van der Waals surface area contributed by atoms with Crippen LogP contribution in [0.15, 0.2) is 12.2 Å². The summed E-state index contributed by atoms with van der Waals surface area (Å²) >= 11 is 0. The summed E-state index contributed by atoms with van der Waals surface area (Å²) in [5.41, 5.74) is 0. The summed E-state index contributed by atoms with van der Waals surface area (Å²) in [6.07, 6.45) is 6.61. The first-order valence-corrected chi connectivity index (χ1v) is 3.87. The SMILES string of the molecule is C1=CC2CC1C1OCOC21. The standard InChI is InChI=1S/C8H10O2/c1-2-6-3-5(1)7-8(6)10-4-9-7/h1-2,5-8H,3-4H2. The Morgan fingerprint density at radius 3 is 2.20 bits per heavy atom. The van der Waals surface area contributed by atoms with Crippen LogP contribution in [0.1, 0.15) is 6.42 Å². The van der Waals surface area contributed by atoms with Crippen molar-refractivity contribution in [3.63, 3.8) is 0 Å². The van der Waals surface area contributed by atoms with Crippen molar-refractivity contribution in [1.29, 1.82) is 0 Å². The van der Waals surface area contributed by atoms with Crippen LogP contribution in [-0.2, 0) is 9.47 Å². The Morgan fingerprint density at radius 2 is 1.60 bits per heavy atom. The second kappa shape index (κ2) is 1.63. The van der Waals surface area contributed by atoms with Gasteiger partial charge >= 0.3 is 0 Å². The third-order valence-corrected chi connectivity index (χ3v) is 2.84. The molecule has 54 valence electrons. The molecule has 4 unspecified atom stereocenters. The minimum absolute atomic E-state index is 0.398. The third-order valence-electron chi connectivity index (χ3n) is 2.84. The van der Waals surface area contributed by atoms with Gasteiger partial charge in [0.05, 0.1) is 12.2 Å². The lowest BCUT2D eigenvalue weighted by molar-refractivity contribution is 0.0192. The molecule has 0 aromatic carbocycles. The number of hydrogen-bond acceptors (Lipinski definition) is 2. The summed E-state index contributed by atoms with van der Waals surface area (Å²) in [5, 5.41) is 0. The molecule has 10 heavy (non-hydrogen) atoms. The van der Waals surface area contributed by atoms with Gasteiger partial charge in [0.1, 0.15) is 6.79 Å². The van der Waals surface area contributed by atoms with Crippen LogP contribution in [0.5, 0.6) is 0 Å². The normalized spacial score (nSPS) is 56.0. The second-order valence-corrected chi connectivity index (χ2v) is 3.33. The van der Waals surface area contributed by atoms with Gasteiger partial charge < -0.3 is 9.47 Å². The van der Waals surface area contributed by atoms with Gasteiger partial charge in [-0.25, -0.2) is 0 Å². The molecule has 1 saturated heterocycles. The van der Waals surface area contributed by atoms with Gasteiger partial charge in [0.25, 0.3) is 0 Å². The molecule has 1 aliphatic heterocycles. The van der Waals surface area contributed by atoms with Crippen molar-refractivity contribution in [2.75, 3.05) is 6.79 Å². The molecule has 2 bridgehead atoms. The molecule has 0 aromatic rings. The first-order valence-electron chi connectivity index (χ1n) is 3.87. The molecular formula is C8H10O2.